The van der Waals surface area contributed by atoms with Gasteiger partial charge in [0.2, 0.25) is 5.91 Å². The van der Waals surface area contributed by atoms with E-state index >= 15 is 0 Å². The minimum atomic E-state index is -0.316. The second kappa shape index (κ2) is 7.59. The number of carbonyl (C=O) groups excluding carboxylic acids is 1. The van der Waals surface area contributed by atoms with Gasteiger partial charge in [0, 0.05) is 18.2 Å². The highest BCUT2D eigenvalue weighted by molar-refractivity contribution is 5.77. The number of nitrogens with zero attached hydrogens (tertiary/aromatic N) is 1. The van der Waals surface area contributed by atoms with E-state index in [1.165, 1.54) is 0 Å². The molecule has 1 heterocycles. The maximum absolute atomic E-state index is 12.2. The maximum atomic E-state index is 12.2. The van der Waals surface area contributed by atoms with Gasteiger partial charge in [-0.1, -0.05) is 38.1 Å². The SMILES string of the molecule is COc1ccccc1[C@@H](NC(=O)CC(C)C)c1ccccn1. The van der Waals surface area contributed by atoms with Crippen LogP contribution in [0.5, 0.6) is 5.75 Å². The molecule has 0 aliphatic rings. The molecule has 0 aliphatic heterocycles. The van der Waals surface area contributed by atoms with Gasteiger partial charge in [-0.3, -0.25) is 9.78 Å². The smallest absolute Gasteiger partial charge is 0.221 e. The zero-order chi connectivity index (χ0) is 15.9. The number of para-hydroxylation sites is 1. The molecule has 0 unspecified atom stereocenters. The van der Waals surface area contributed by atoms with Gasteiger partial charge >= 0.3 is 0 Å². The summed E-state index contributed by atoms with van der Waals surface area (Å²) in [7, 11) is 1.63. The minimum absolute atomic E-state index is 0.0107. The fourth-order valence-electron chi connectivity index (χ4n) is 2.35. The Bertz CT molecular complexity index is 611. The van der Waals surface area contributed by atoms with Crippen LogP contribution in [0.4, 0.5) is 0 Å². The molecule has 0 bridgehead atoms. The fourth-order valence-corrected chi connectivity index (χ4v) is 2.35. The number of benzene rings is 1. The largest absolute Gasteiger partial charge is 0.496 e. The zero-order valence-electron chi connectivity index (χ0n) is 13.2. The molecule has 2 aromatic rings. The molecular formula is C18H22N2O2. The van der Waals surface area contributed by atoms with Crippen LogP contribution in [0.1, 0.15) is 37.6 Å². The van der Waals surface area contributed by atoms with Gasteiger partial charge in [0.15, 0.2) is 0 Å². The average Bonchev–Trinajstić information content (AvgIpc) is 2.53. The van der Waals surface area contributed by atoms with Crippen LogP contribution in [-0.4, -0.2) is 18.0 Å². The number of rotatable bonds is 6. The third kappa shape index (κ3) is 4.07. The molecule has 4 heteroatoms. The van der Waals surface area contributed by atoms with Crippen molar-refractivity contribution in [2.75, 3.05) is 7.11 Å². The van der Waals surface area contributed by atoms with E-state index in [1.807, 2.05) is 56.3 Å². The molecular weight excluding hydrogens is 276 g/mol. The third-order valence-corrected chi connectivity index (χ3v) is 3.33. The Morgan fingerprint density at radius 2 is 1.91 bits per heavy atom. The molecule has 0 fully saturated rings. The van der Waals surface area contributed by atoms with Gasteiger partial charge in [0.1, 0.15) is 5.75 Å². The summed E-state index contributed by atoms with van der Waals surface area (Å²) in [5.41, 5.74) is 1.70. The molecule has 1 aromatic carbocycles. The summed E-state index contributed by atoms with van der Waals surface area (Å²) in [6.45, 7) is 4.05. The Kier molecular flexibility index (Phi) is 5.53. The number of amides is 1. The van der Waals surface area contributed by atoms with E-state index in [4.69, 9.17) is 4.74 Å². The van der Waals surface area contributed by atoms with Crippen molar-refractivity contribution in [2.24, 2.45) is 5.92 Å². The Balaban J connectivity index is 2.36. The summed E-state index contributed by atoms with van der Waals surface area (Å²) in [4.78, 5) is 16.6. The number of aromatic nitrogens is 1. The summed E-state index contributed by atoms with van der Waals surface area (Å²) in [6, 6.07) is 13.1. The van der Waals surface area contributed by atoms with E-state index in [9.17, 15) is 4.79 Å². The van der Waals surface area contributed by atoms with Crippen molar-refractivity contribution in [1.29, 1.82) is 0 Å². The number of pyridine rings is 1. The molecule has 0 saturated heterocycles. The van der Waals surface area contributed by atoms with E-state index in [-0.39, 0.29) is 11.9 Å². The van der Waals surface area contributed by atoms with Gasteiger partial charge in [0.25, 0.3) is 0 Å². The van der Waals surface area contributed by atoms with Gasteiger partial charge in [-0.2, -0.15) is 0 Å². The number of methoxy groups -OCH3 is 1. The average molecular weight is 298 g/mol. The van der Waals surface area contributed by atoms with Crippen molar-refractivity contribution in [1.82, 2.24) is 10.3 Å². The predicted octanol–water partition coefficient (Wildman–Crippen LogP) is 3.34. The second-order valence-electron chi connectivity index (χ2n) is 5.60. The van der Waals surface area contributed by atoms with E-state index in [2.05, 4.69) is 10.3 Å². The highest BCUT2D eigenvalue weighted by Crippen LogP contribution is 2.29. The van der Waals surface area contributed by atoms with Crippen LogP contribution in [0.2, 0.25) is 0 Å². The lowest BCUT2D eigenvalue weighted by Gasteiger charge is -2.21. The van der Waals surface area contributed by atoms with E-state index < -0.39 is 0 Å². The first-order valence-electron chi connectivity index (χ1n) is 7.45. The molecule has 0 spiro atoms. The summed E-state index contributed by atoms with van der Waals surface area (Å²) >= 11 is 0. The molecule has 2 rings (SSSR count). The first-order valence-corrected chi connectivity index (χ1v) is 7.45. The topological polar surface area (TPSA) is 51.2 Å². The number of hydrogen-bond acceptors (Lipinski definition) is 3. The van der Waals surface area contributed by atoms with Gasteiger partial charge in [-0.25, -0.2) is 0 Å². The summed E-state index contributed by atoms with van der Waals surface area (Å²) in [5.74, 6) is 1.06. The monoisotopic (exact) mass is 298 g/mol. The Hall–Kier alpha value is -2.36. The fraction of sp³-hybridized carbons (Fsp3) is 0.333. The lowest BCUT2D eigenvalue weighted by atomic mass is 10.0. The second-order valence-corrected chi connectivity index (χ2v) is 5.60. The van der Waals surface area contributed by atoms with Crippen LogP contribution in [-0.2, 0) is 4.79 Å². The predicted molar refractivity (Wildman–Crippen MR) is 86.7 cm³/mol. The van der Waals surface area contributed by atoms with Crippen molar-refractivity contribution < 1.29 is 9.53 Å². The van der Waals surface area contributed by atoms with Crippen LogP contribution in [0.25, 0.3) is 0 Å². The van der Waals surface area contributed by atoms with Crippen molar-refractivity contribution in [3.05, 3.63) is 59.9 Å². The molecule has 0 radical (unpaired) electrons. The van der Waals surface area contributed by atoms with E-state index in [0.717, 1.165) is 17.0 Å². The first kappa shape index (κ1) is 16.0. The maximum Gasteiger partial charge on any atom is 0.221 e. The van der Waals surface area contributed by atoms with Crippen molar-refractivity contribution >= 4 is 5.91 Å². The van der Waals surface area contributed by atoms with Crippen molar-refractivity contribution in [2.45, 2.75) is 26.3 Å². The van der Waals surface area contributed by atoms with Gasteiger partial charge < -0.3 is 10.1 Å². The minimum Gasteiger partial charge on any atom is -0.496 e. The van der Waals surface area contributed by atoms with Crippen molar-refractivity contribution in [3.63, 3.8) is 0 Å². The molecule has 116 valence electrons. The zero-order valence-corrected chi connectivity index (χ0v) is 13.2. The molecule has 0 aliphatic carbocycles. The number of nitrogens with one attached hydrogen (secondary N) is 1. The van der Waals surface area contributed by atoms with Gasteiger partial charge in [-0.15, -0.1) is 0 Å². The molecule has 1 N–H and O–H groups in total. The molecule has 1 aromatic heterocycles. The number of hydrogen-bond donors (Lipinski definition) is 1. The molecule has 1 atom stereocenters. The van der Waals surface area contributed by atoms with Gasteiger partial charge in [-0.05, 0) is 24.1 Å². The van der Waals surface area contributed by atoms with Crippen LogP contribution >= 0.6 is 0 Å². The summed E-state index contributed by atoms with van der Waals surface area (Å²) < 4.78 is 5.43. The summed E-state index contributed by atoms with van der Waals surface area (Å²) in [6.07, 6.45) is 2.21. The lowest BCUT2D eigenvalue weighted by Crippen LogP contribution is -2.30. The lowest BCUT2D eigenvalue weighted by molar-refractivity contribution is -0.122. The van der Waals surface area contributed by atoms with Gasteiger partial charge in [0.05, 0.1) is 18.8 Å². The number of ether oxygens (including phenoxy) is 1. The van der Waals surface area contributed by atoms with E-state index in [1.54, 1.807) is 13.3 Å². The van der Waals surface area contributed by atoms with Crippen molar-refractivity contribution in [3.8, 4) is 5.75 Å². The third-order valence-electron chi connectivity index (χ3n) is 3.33. The highest BCUT2D eigenvalue weighted by Gasteiger charge is 2.21. The standard InChI is InChI=1S/C18H22N2O2/c1-13(2)12-17(21)20-18(15-9-6-7-11-19-15)14-8-4-5-10-16(14)22-3/h4-11,13,18H,12H2,1-3H3,(H,20,21)/t18-/m1/s1. The highest BCUT2D eigenvalue weighted by atomic mass is 16.5. The summed E-state index contributed by atoms with van der Waals surface area (Å²) in [5, 5.41) is 3.07. The Morgan fingerprint density at radius 1 is 1.18 bits per heavy atom. The normalized spacial score (nSPS) is 12.0. The molecule has 0 saturated carbocycles. The molecule has 4 nitrogen and oxygen atoms in total. The Labute approximate surface area is 131 Å². The first-order chi connectivity index (χ1) is 10.6. The Morgan fingerprint density at radius 3 is 2.55 bits per heavy atom. The van der Waals surface area contributed by atoms with Crippen LogP contribution in [0.3, 0.4) is 0 Å². The van der Waals surface area contributed by atoms with Crippen LogP contribution < -0.4 is 10.1 Å². The molecule has 22 heavy (non-hydrogen) atoms. The van der Waals surface area contributed by atoms with Crippen LogP contribution in [0, 0.1) is 5.92 Å². The quantitative estimate of drug-likeness (QED) is 0.890. The molecule has 1 amide bonds. The number of carbonyl (C=O) groups is 1. The van der Waals surface area contributed by atoms with E-state index in [0.29, 0.717) is 12.3 Å². The van der Waals surface area contributed by atoms with Crippen LogP contribution in [0.15, 0.2) is 48.7 Å².